The molecule has 19 heavy (non-hydrogen) atoms. The fourth-order valence-corrected chi connectivity index (χ4v) is 3.09. The van der Waals surface area contributed by atoms with Gasteiger partial charge in [0.05, 0.1) is 16.1 Å². The minimum Gasteiger partial charge on any atom is -0.280 e. The summed E-state index contributed by atoms with van der Waals surface area (Å²) < 4.78 is 27.1. The first kappa shape index (κ1) is 13.5. The van der Waals surface area contributed by atoms with Gasteiger partial charge in [0.15, 0.2) is 0 Å². The number of halogens is 1. The minimum absolute atomic E-state index is 0.0789. The van der Waals surface area contributed by atoms with Gasteiger partial charge in [-0.15, -0.1) is 0 Å². The van der Waals surface area contributed by atoms with Gasteiger partial charge < -0.3 is 0 Å². The maximum Gasteiger partial charge on any atom is 0.261 e. The van der Waals surface area contributed by atoms with Crippen LogP contribution in [0.1, 0.15) is 5.56 Å². The number of nitriles is 1. The Morgan fingerprint density at radius 1 is 1.21 bits per heavy atom. The van der Waals surface area contributed by atoms with Crippen molar-refractivity contribution in [3.8, 4) is 6.07 Å². The van der Waals surface area contributed by atoms with Crippen LogP contribution >= 0.6 is 15.9 Å². The van der Waals surface area contributed by atoms with Gasteiger partial charge in [-0.1, -0.05) is 0 Å². The topological polar surface area (TPSA) is 82.8 Å². The van der Waals surface area contributed by atoms with E-state index in [0.29, 0.717) is 15.7 Å². The van der Waals surface area contributed by atoms with Crippen LogP contribution in [0, 0.1) is 11.3 Å². The number of nitrogens with one attached hydrogen (secondary N) is 1. The Bertz CT molecular complexity index is 739. The summed E-state index contributed by atoms with van der Waals surface area (Å²) in [5.74, 6) is 0. The molecular formula is C12H8BrN3O2S. The first-order chi connectivity index (χ1) is 9.03. The Labute approximate surface area is 119 Å². The van der Waals surface area contributed by atoms with E-state index in [1.807, 2.05) is 6.07 Å². The Hall–Kier alpha value is -1.91. The second-order valence-corrected chi connectivity index (χ2v) is 6.13. The van der Waals surface area contributed by atoms with Crippen molar-refractivity contribution in [2.75, 3.05) is 4.72 Å². The summed E-state index contributed by atoms with van der Waals surface area (Å²) in [5.41, 5.74) is 0.804. The fraction of sp³-hybridized carbons (Fsp3) is 0. The zero-order valence-corrected chi connectivity index (χ0v) is 11.9. The zero-order chi connectivity index (χ0) is 13.9. The maximum absolute atomic E-state index is 12.1. The number of sulfonamides is 1. The monoisotopic (exact) mass is 337 g/mol. The quantitative estimate of drug-likeness (QED) is 0.932. The van der Waals surface area contributed by atoms with Gasteiger partial charge in [-0.3, -0.25) is 9.71 Å². The average molecular weight is 338 g/mol. The molecule has 2 rings (SSSR count). The molecule has 0 aliphatic rings. The highest BCUT2D eigenvalue weighted by atomic mass is 79.9. The molecule has 0 bridgehead atoms. The van der Waals surface area contributed by atoms with Gasteiger partial charge in [0.25, 0.3) is 10.0 Å². The van der Waals surface area contributed by atoms with E-state index < -0.39 is 10.0 Å². The predicted molar refractivity (Wildman–Crippen MR) is 73.9 cm³/mol. The summed E-state index contributed by atoms with van der Waals surface area (Å²) in [5, 5.41) is 8.80. The Morgan fingerprint density at radius 2 is 1.89 bits per heavy atom. The van der Waals surface area contributed by atoms with E-state index in [4.69, 9.17) is 5.26 Å². The molecule has 1 aromatic heterocycles. The molecule has 0 saturated carbocycles. The summed E-state index contributed by atoms with van der Waals surface area (Å²) in [4.78, 5) is 3.89. The number of benzene rings is 1. The highest BCUT2D eigenvalue weighted by Gasteiger charge is 2.15. The fourth-order valence-electron chi connectivity index (χ4n) is 1.39. The highest BCUT2D eigenvalue weighted by Crippen LogP contribution is 2.22. The molecule has 1 N–H and O–H groups in total. The third-order valence-electron chi connectivity index (χ3n) is 2.30. The minimum atomic E-state index is -3.68. The zero-order valence-electron chi connectivity index (χ0n) is 9.54. The lowest BCUT2D eigenvalue weighted by molar-refractivity contribution is 0.601. The predicted octanol–water partition coefficient (Wildman–Crippen LogP) is 2.52. The molecule has 0 spiro atoms. The lowest BCUT2D eigenvalue weighted by atomic mass is 10.2. The molecule has 5 nitrogen and oxygen atoms in total. The van der Waals surface area contributed by atoms with Gasteiger partial charge >= 0.3 is 0 Å². The third kappa shape index (κ3) is 3.10. The van der Waals surface area contributed by atoms with Crippen LogP contribution in [-0.2, 0) is 10.0 Å². The molecule has 1 heterocycles. The van der Waals surface area contributed by atoms with E-state index in [-0.39, 0.29) is 4.90 Å². The van der Waals surface area contributed by atoms with Gasteiger partial charge in [0, 0.05) is 16.9 Å². The van der Waals surface area contributed by atoms with Crippen LogP contribution in [0.2, 0.25) is 0 Å². The maximum atomic E-state index is 12.1. The summed E-state index contributed by atoms with van der Waals surface area (Å²) in [6, 6.07) is 9.28. The summed E-state index contributed by atoms with van der Waals surface area (Å²) in [7, 11) is -3.68. The van der Waals surface area contributed by atoms with Gasteiger partial charge in [0.2, 0.25) is 0 Å². The molecule has 0 aliphatic heterocycles. The second kappa shape index (κ2) is 5.38. The van der Waals surface area contributed by atoms with Crippen molar-refractivity contribution >= 4 is 31.6 Å². The van der Waals surface area contributed by atoms with Crippen molar-refractivity contribution in [1.82, 2.24) is 4.98 Å². The van der Waals surface area contributed by atoms with E-state index >= 15 is 0 Å². The summed E-state index contributed by atoms with van der Waals surface area (Å²) in [6.45, 7) is 0. The molecule has 7 heteroatoms. The third-order valence-corrected chi connectivity index (χ3v) is 4.34. The molecule has 0 fully saturated rings. The second-order valence-electron chi connectivity index (χ2n) is 3.59. The normalized spacial score (nSPS) is 10.7. The van der Waals surface area contributed by atoms with Crippen molar-refractivity contribution in [3.05, 3.63) is 52.8 Å². The van der Waals surface area contributed by atoms with Crippen molar-refractivity contribution in [2.45, 2.75) is 4.90 Å². The van der Waals surface area contributed by atoms with Crippen LogP contribution in [-0.4, -0.2) is 13.4 Å². The molecule has 96 valence electrons. The largest absolute Gasteiger partial charge is 0.280 e. The van der Waals surface area contributed by atoms with Crippen molar-refractivity contribution in [3.63, 3.8) is 0 Å². The van der Waals surface area contributed by atoms with E-state index in [1.54, 1.807) is 12.1 Å². The van der Waals surface area contributed by atoms with Crippen molar-refractivity contribution < 1.29 is 8.42 Å². The summed E-state index contributed by atoms with van der Waals surface area (Å²) >= 11 is 3.16. The SMILES string of the molecule is N#Cc1ccc(S(=O)(=O)Nc2ccncc2)cc1Br. The highest BCUT2D eigenvalue weighted by molar-refractivity contribution is 9.10. The molecule has 0 aliphatic carbocycles. The van der Waals surface area contributed by atoms with Crippen LogP contribution < -0.4 is 4.72 Å². The Kier molecular flexibility index (Phi) is 3.83. The van der Waals surface area contributed by atoms with E-state index in [1.165, 1.54) is 30.6 Å². The number of aromatic nitrogens is 1. The van der Waals surface area contributed by atoms with Gasteiger partial charge in [-0.25, -0.2) is 8.42 Å². The Morgan fingerprint density at radius 3 is 2.47 bits per heavy atom. The van der Waals surface area contributed by atoms with Crippen molar-refractivity contribution in [2.24, 2.45) is 0 Å². The standard InChI is InChI=1S/C12H8BrN3O2S/c13-12-7-11(2-1-9(12)8-14)19(17,18)16-10-3-5-15-6-4-10/h1-7H,(H,15,16). The number of nitrogens with zero attached hydrogens (tertiary/aromatic N) is 2. The van der Waals surface area contributed by atoms with Gasteiger partial charge in [0.1, 0.15) is 6.07 Å². The van der Waals surface area contributed by atoms with Crippen LogP contribution in [0.15, 0.2) is 52.1 Å². The molecule has 0 radical (unpaired) electrons. The van der Waals surface area contributed by atoms with Crippen LogP contribution in [0.25, 0.3) is 0 Å². The molecule has 0 amide bonds. The average Bonchev–Trinajstić information content (AvgIpc) is 2.39. The Balaban J connectivity index is 2.36. The van der Waals surface area contributed by atoms with E-state index in [2.05, 4.69) is 25.6 Å². The molecule has 1 aromatic carbocycles. The number of anilines is 1. The lowest BCUT2D eigenvalue weighted by Gasteiger charge is -2.08. The molecule has 0 atom stereocenters. The number of rotatable bonds is 3. The van der Waals surface area contributed by atoms with Crippen molar-refractivity contribution in [1.29, 1.82) is 5.26 Å². The lowest BCUT2D eigenvalue weighted by Crippen LogP contribution is -2.13. The number of pyridine rings is 1. The molecular weight excluding hydrogens is 330 g/mol. The van der Waals surface area contributed by atoms with E-state index in [9.17, 15) is 8.42 Å². The molecule has 0 unspecified atom stereocenters. The molecule has 2 aromatic rings. The van der Waals surface area contributed by atoms with Crippen LogP contribution in [0.5, 0.6) is 0 Å². The van der Waals surface area contributed by atoms with Gasteiger partial charge in [-0.2, -0.15) is 5.26 Å². The molecule has 0 saturated heterocycles. The smallest absolute Gasteiger partial charge is 0.261 e. The van der Waals surface area contributed by atoms with Crippen LogP contribution in [0.4, 0.5) is 5.69 Å². The summed E-state index contributed by atoms with van der Waals surface area (Å²) in [6.07, 6.45) is 2.99. The first-order valence-corrected chi connectivity index (χ1v) is 7.43. The van der Waals surface area contributed by atoms with Gasteiger partial charge in [-0.05, 0) is 46.3 Å². The van der Waals surface area contributed by atoms with Crippen LogP contribution in [0.3, 0.4) is 0 Å². The first-order valence-electron chi connectivity index (χ1n) is 5.15. The number of hydrogen-bond donors (Lipinski definition) is 1. The number of hydrogen-bond acceptors (Lipinski definition) is 4. The van der Waals surface area contributed by atoms with E-state index in [0.717, 1.165) is 0 Å².